The molecule has 0 aliphatic heterocycles. The molecule has 1 aromatic rings. The molecule has 1 amide bonds. The molecule has 1 unspecified atom stereocenters. The fraction of sp³-hybridized carbons (Fsp3) is 0.500. The molecule has 1 N–H and O–H groups in total. The molecule has 0 aliphatic carbocycles. The fourth-order valence-electron chi connectivity index (χ4n) is 2.02. The highest BCUT2D eigenvalue weighted by molar-refractivity contribution is 7.90. The number of sulfone groups is 1. The highest BCUT2D eigenvalue weighted by Crippen LogP contribution is 2.32. The van der Waals surface area contributed by atoms with Crippen LogP contribution in [0.25, 0.3) is 0 Å². The molecule has 1 rings (SSSR count). The molecule has 0 aliphatic rings. The zero-order chi connectivity index (χ0) is 16.9. The Balaban J connectivity index is 3.29. The Hall–Kier alpha value is -1.96. The van der Waals surface area contributed by atoms with Gasteiger partial charge in [-0.05, 0) is 24.6 Å². The van der Waals surface area contributed by atoms with Gasteiger partial charge < -0.3 is 19.5 Å². The first-order valence-electron chi connectivity index (χ1n) is 6.63. The van der Waals surface area contributed by atoms with Crippen molar-refractivity contribution in [1.82, 2.24) is 4.90 Å². The minimum absolute atomic E-state index is 0.312. The SMILES string of the molecule is CCOc1cc(C(CS(C)(=O)=O)N(C)C(=O)O)ccc1OC. The summed E-state index contributed by atoms with van der Waals surface area (Å²) in [7, 11) is -0.537. The minimum Gasteiger partial charge on any atom is -0.493 e. The average molecular weight is 331 g/mol. The van der Waals surface area contributed by atoms with Crippen LogP contribution in [0.5, 0.6) is 11.5 Å². The summed E-state index contributed by atoms with van der Waals surface area (Å²) in [4.78, 5) is 12.2. The van der Waals surface area contributed by atoms with Crippen molar-refractivity contribution in [2.24, 2.45) is 0 Å². The molecule has 0 radical (unpaired) electrons. The molecule has 0 heterocycles. The van der Waals surface area contributed by atoms with E-state index >= 15 is 0 Å². The first-order chi connectivity index (χ1) is 10.2. The van der Waals surface area contributed by atoms with Gasteiger partial charge in [-0.3, -0.25) is 0 Å². The summed E-state index contributed by atoms with van der Waals surface area (Å²) < 4.78 is 33.8. The van der Waals surface area contributed by atoms with E-state index in [4.69, 9.17) is 14.6 Å². The van der Waals surface area contributed by atoms with Crippen LogP contribution in [0.3, 0.4) is 0 Å². The summed E-state index contributed by atoms with van der Waals surface area (Å²) in [5.41, 5.74) is 0.527. The van der Waals surface area contributed by atoms with Crippen LogP contribution in [-0.4, -0.2) is 57.3 Å². The van der Waals surface area contributed by atoms with E-state index in [0.29, 0.717) is 23.7 Å². The predicted octanol–water partition coefficient (Wildman–Crippen LogP) is 1.79. The maximum absolute atomic E-state index is 11.6. The van der Waals surface area contributed by atoms with Gasteiger partial charge in [0.2, 0.25) is 0 Å². The standard InChI is InChI=1S/C14H21NO6S/c1-5-21-13-8-10(6-7-12(13)20-3)11(9-22(4,18)19)15(2)14(16)17/h6-8,11H,5,9H2,1-4H3,(H,16,17). The van der Waals surface area contributed by atoms with Crippen LogP contribution in [0.4, 0.5) is 4.79 Å². The number of nitrogens with zero attached hydrogens (tertiary/aromatic N) is 1. The van der Waals surface area contributed by atoms with Crippen LogP contribution in [0.15, 0.2) is 18.2 Å². The number of methoxy groups -OCH3 is 1. The number of ether oxygens (including phenoxy) is 2. The Morgan fingerprint density at radius 3 is 2.45 bits per heavy atom. The van der Waals surface area contributed by atoms with Crippen LogP contribution in [-0.2, 0) is 9.84 Å². The second-order valence-electron chi connectivity index (χ2n) is 4.85. The van der Waals surface area contributed by atoms with Crippen molar-refractivity contribution in [1.29, 1.82) is 0 Å². The van der Waals surface area contributed by atoms with Crippen LogP contribution in [0.1, 0.15) is 18.5 Å². The maximum Gasteiger partial charge on any atom is 0.407 e. The summed E-state index contributed by atoms with van der Waals surface area (Å²) in [6.07, 6.45) is -0.134. The largest absolute Gasteiger partial charge is 0.493 e. The van der Waals surface area contributed by atoms with Gasteiger partial charge >= 0.3 is 6.09 Å². The Bertz CT molecular complexity index is 628. The second-order valence-corrected chi connectivity index (χ2v) is 7.03. The van der Waals surface area contributed by atoms with E-state index < -0.39 is 22.0 Å². The van der Waals surface area contributed by atoms with Crippen LogP contribution in [0.2, 0.25) is 0 Å². The Morgan fingerprint density at radius 1 is 1.36 bits per heavy atom. The lowest BCUT2D eigenvalue weighted by molar-refractivity contribution is 0.142. The molecule has 22 heavy (non-hydrogen) atoms. The van der Waals surface area contributed by atoms with Gasteiger partial charge in [-0.2, -0.15) is 0 Å². The highest BCUT2D eigenvalue weighted by Gasteiger charge is 2.26. The van der Waals surface area contributed by atoms with Gasteiger partial charge in [0.05, 0.1) is 25.5 Å². The number of rotatable bonds is 7. The number of hydrogen-bond acceptors (Lipinski definition) is 5. The molecule has 8 heteroatoms. The fourth-order valence-corrected chi connectivity index (χ4v) is 3.01. The quantitative estimate of drug-likeness (QED) is 0.819. The Labute approximate surface area is 130 Å². The van der Waals surface area contributed by atoms with Crippen molar-refractivity contribution < 1.29 is 27.8 Å². The van der Waals surface area contributed by atoms with Crippen molar-refractivity contribution in [3.63, 3.8) is 0 Å². The summed E-state index contributed by atoms with van der Waals surface area (Å²) in [5.74, 6) is 0.634. The van der Waals surface area contributed by atoms with Gasteiger partial charge in [0.15, 0.2) is 11.5 Å². The van der Waals surface area contributed by atoms with Crippen LogP contribution < -0.4 is 9.47 Å². The molecule has 0 spiro atoms. The van der Waals surface area contributed by atoms with Crippen molar-refractivity contribution in [3.8, 4) is 11.5 Å². The monoisotopic (exact) mass is 331 g/mol. The van der Waals surface area contributed by atoms with Gasteiger partial charge in [0.25, 0.3) is 0 Å². The Morgan fingerprint density at radius 2 is 2.00 bits per heavy atom. The first-order valence-corrected chi connectivity index (χ1v) is 8.69. The zero-order valence-corrected chi connectivity index (χ0v) is 13.9. The zero-order valence-electron chi connectivity index (χ0n) is 13.1. The smallest absolute Gasteiger partial charge is 0.407 e. The lowest BCUT2D eigenvalue weighted by atomic mass is 10.1. The first kappa shape index (κ1) is 18.1. The molecular formula is C14H21NO6S. The van der Waals surface area contributed by atoms with Gasteiger partial charge in [0, 0.05) is 13.3 Å². The molecule has 0 saturated heterocycles. The number of benzene rings is 1. The van der Waals surface area contributed by atoms with Crippen LogP contribution >= 0.6 is 0 Å². The van der Waals surface area contributed by atoms with Gasteiger partial charge in [-0.1, -0.05) is 6.07 Å². The molecular weight excluding hydrogens is 310 g/mol. The molecule has 0 bridgehead atoms. The van der Waals surface area contributed by atoms with E-state index in [9.17, 15) is 13.2 Å². The molecule has 0 saturated carbocycles. The van der Waals surface area contributed by atoms with Gasteiger partial charge in [0.1, 0.15) is 9.84 Å². The predicted molar refractivity (Wildman–Crippen MR) is 82.4 cm³/mol. The average Bonchev–Trinajstić information content (AvgIpc) is 2.43. The number of amides is 1. The normalized spacial score (nSPS) is 12.5. The lowest BCUT2D eigenvalue weighted by Crippen LogP contribution is -2.34. The molecule has 1 atom stereocenters. The maximum atomic E-state index is 11.6. The number of carboxylic acid groups (broad SMARTS) is 1. The molecule has 0 aromatic heterocycles. The van der Waals surface area contributed by atoms with E-state index in [1.165, 1.54) is 14.2 Å². The van der Waals surface area contributed by atoms with E-state index in [2.05, 4.69) is 0 Å². The number of carbonyl (C=O) groups is 1. The minimum atomic E-state index is -3.37. The van der Waals surface area contributed by atoms with E-state index in [1.54, 1.807) is 18.2 Å². The molecule has 7 nitrogen and oxygen atoms in total. The van der Waals surface area contributed by atoms with Gasteiger partial charge in [-0.25, -0.2) is 13.2 Å². The van der Waals surface area contributed by atoms with Crippen molar-refractivity contribution >= 4 is 15.9 Å². The van der Waals surface area contributed by atoms with E-state index in [-0.39, 0.29) is 5.75 Å². The van der Waals surface area contributed by atoms with Crippen LogP contribution in [0, 0.1) is 0 Å². The summed E-state index contributed by atoms with van der Waals surface area (Å²) in [5, 5.41) is 9.16. The highest BCUT2D eigenvalue weighted by atomic mass is 32.2. The third-order valence-electron chi connectivity index (χ3n) is 3.10. The van der Waals surface area contributed by atoms with E-state index in [0.717, 1.165) is 11.2 Å². The third kappa shape index (κ3) is 4.80. The third-order valence-corrected chi connectivity index (χ3v) is 4.02. The molecule has 124 valence electrons. The number of hydrogen-bond donors (Lipinski definition) is 1. The summed E-state index contributed by atoms with van der Waals surface area (Å²) >= 11 is 0. The van der Waals surface area contributed by atoms with Crippen molar-refractivity contribution in [2.45, 2.75) is 13.0 Å². The molecule has 1 aromatic carbocycles. The summed E-state index contributed by atoms with van der Waals surface area (Å²) in [6, 6.07) is 4.05. The lowest BCUT2D eigenvalue weighted by Gasteiger charge is -2.26. The second kappa shape index (κ2) is 7.35. The van der Waals surface area contributed by atoms with Gasteiger partial charge in [-0.15, -0.1) is 0 Å². The van der Waals surface area contributed by atoms with Crippen molar-refractivity contribution in [2.75, 3.05) is 32.8 Å². The summed E-state index contributed by atoms with van der Waals surface area (Å²) in [6.45, 7) is 2.22. The van der Waals surface area contributed by atoms with E-state index in [1.807, 2.05) is 6.92 Å². The Kier molecular flexibility index (Phi) is 6.04. The topological polar surface area (TPSA) is 93.1 Å². The van der Waals surface area contributed by atoms with Crippen molar-refractivity contribution in [3.05, 3.63) is 23.8 Å². The molecule has 0 fully saturated rings.